The van der Waals surface area contributed by atoms with Gasteiger partial charge in [-0.1, -0.05) is 30.3 Å². The highest BCUT2D eigenvalue weighted by Crippen LogP contribution is 2.24. The summed E-state index contributed by atoms with van der Waals surface area (Å²) in [6.07, 6.45) is 1.60. The number of fused-ring (bicyclic) bond motifs is 1. The summed E-state index contributed by atoms with van der Waals surface area (Å²) in [4.78, 5) is 2.38. The van der Waals surface area contributed by atoms with Crippen molar-refractivity contribution >= 4 is 26.6 Å². The zero-order chi connectivity index (χ0) is 20.6. The van der Waals surface area contributed by atoms with Gasteiger partial charge in [0, 0.05) is 26.2 Å². The molecule has 0 N–H and O–H groups in total. The summed E-state index contributed by atoms with van der Waals surface area (Å²) in [5.41, 5.74) is 0.668. The lowest BCUT2D eigenvalue weighted by molar-refractivity contribution is 0.383. The Morgan fingerprint density at radius 3 is 2.30 bits per heavy atom. The molecule has 0 bridgehead atoms. The molecule has 0 atom stereocenters. The number of piperazine rings is 1. The Hall–Kier alpha value is -3.23. The van der Waals surface area contributed by atoms with Crippen LogP contribution in [0.4, 0.5) is 5.82 Å². The normalized spacial score (nSPS) is 15.5. The minimum atomic E-state index is -3.54. The van der Waals surface area contributed by atoms with E-state index in [9.17, 15) is 8.42 Å². The van der Waals surface area contributed by atoms with Crippen LogP contribution in [-0.2, 0) is 10.0 Å². The van der Waals surface area contributed by atoms with Gasteiger partial charge in [-0.3, -0.25) is 0 Å². The Kier molecular flexibility index (Phi) is 4.72. The molecule has 3 heterocycles. The van der Waals surface area contributed by atoms with Crippen LogP contribution < -0.4 is 4.90 Å². The zero-order valence-corrected chi connectivity index (χ0v) is 17.0. The molecule has 0 unspecified atom stereocenters. The third kappa shape index (κ3) is 3.44. The van der Waals surface area contributed by atoms with Gasteiger partial charge in [0.25, 0.3) is 0 Å². The number of anilines is 1. The SMILES string of the molecule is O=S(=O)(c1ccc2ccccc2c1)N1CCN(c2ccc(-c3ccco3)nn2)CC1. The molecule has 2 aromatic heterocycles. The summed E-state index contributed by atoms with van der Waals surface area (Å²) < 4.78 is 33.1. The van der Waals surface area contributed by atoms with Crippen LogP contribution in [0.25, 0.3) is 22.2 Å². The maximum atomic E-state index is 13.1. The van der Waals surface area contributed by atoms with E-state index in [0.29, 0.717) is 42.5 Å². The predicted molar refractivity (Wildman–Crippen MR) is 115 cm³/mol. The van der Waals surface area contributed by atoms with Crippen molar-refractivity contribution in [3.05, 3.63) is 73.0 Å². The van der Waals surface area contributed by atoms with Crippen LogP contribution in [0.5, 0.6) is 0 Å². The largest absolute Gasteiger partial charge is 0.463 e. The average molecular weight is 420 g/mol. The van der Waals surface area contributed by atoms with Gasteiger partial charge in [0.1, 0.15) is 5.69 Å². The fourth-order valence-corrected chi connectivity index (χ4v) is 5.14. The fourth-order valence-electron chi connectivity index (χ4n) is 3.68. The Bertz CT molecular complexity index is 1260. The highest BCUT2D eigenvalue weighted by molar-refractivity contribution is 7.89. The molecule has 4 aromatic rings. The Balaban J connectivity index is 1.30. The van der Waals surface area contributed by atoms with Crippen molar-refractivity contribution in [2.45, 2.75) is 4.90 Å². The van der Waals surface area contributed by atoms with Gasteiger partial charge in [-0.25, -0.2) is 8.42 Å². The Morgan fingerprint density at radius 2 is 1.60 bits per heavy atom. The van der Waals surface area contributed by atoms with Gasteiger partial charge >= 0.3 is 0 Å². The molecule has 0 spiro atoms. The van der Waals surface area contributed by atoms with Crippen LogP contribution in [0.3, 0.4) is 0 Å². The second-order valence-corrected chi connectivity index (χ2v) is 9.09. The number of nitrogens with zero attached hydrogens (tertiary/aromatic N) is 4. The second kappa shape index (κ2) is 7.55. The first kappa shape index (κ1) is 18.8. The van der Waals surface area contributed by atoms with E-state index in [-0.39, 0.29) is 0 Å². The smallest absolute Gasteiger partial charge is 0.243 e. The lowest BCUT2D eigenvalue weighted by Crippen LogP contribution is -2.49. The standard InChI is InChI=1S/C22H20N4O3S/c27-30(28,19-8-7-17-4-1-2-5-18(17)16-19)26-13-11-25(12-14-26)22-10-9-20(23-24-22)21-6-3-15-29-21/h1-10,15-16H,11-14H2. The van der Waals surface area contributed by atoms with E-state index >= 15 is 0 Å². The van der Waals surface area contributed by atoms with Crippen LogP contribution >= 0.6 is 0 Å². The monoisotopic (exact) mass is 420 g/mol. The van der Waals surface area contributed by atoms with E-state index in [1.54, 1.807) is 24.5 Å². The third-order valence-electron chi connectivity index (χ3n) is 5.35. The van der Waals surface area contributed by atoms with Crippen LogP contribution in [0.1, 0.15) is 0 Å². The molecule has 0 aliphatic carbocycles. The van der Waals surface area contributed by atoms with Crippen LogP contribution in [-0.4, -0.2) is 49.1 Å². The van der Waals surface area contributed by atoms with Crippen LogP contribution in [0, 0.1) is 0 Å². The summed E-state index contributed by atoms with van der Waals surface area (Å²) in [7, 11) is -3.54. The summed E-state index contributed by atoms with van der Waals surface area (Å²) in [6, 6.07) is 20.4. The van der Waals surface area contributed by atoms with Crippen molar-refractivity contribution < 1.29 is 12.8 Å². The molecule has 1 fully saturated rings. The lowest BCUT2D eigenvalue weighted by Gasteiger charge is -2.34. The number of rotatable bonds is 4. The highest BCUT2D eigenvalue weighted by atomic mass is 32.2. The van der Waals surface area contributed by atoms with Crippen molar-refractivity contribution in [2.75, 3.05) is 31.1 Å². The first-order valence-corrected chi connectivity index (χ1v) is 11.2. The molecule has 1 saturated heterocycles. The minimum Gasteiger partial charge on any atom is -0.463 e. The molecule has 5 rings (SSSR count). The molecule has 2 aromatic carbocycles. The molecule has 7 nitrogen and oxygen atoms in total. The number of furan rings is 1. The summed E-state index contributed by atoms with van der Waals surface area (Å²) in [5, 5.41) is 10.5. The van der Waals surface area contributed by atoms with E-state index in [0.717, 1.165) is 16.6 Å². The summed E-state index contributed by atoms with van der Waals surface area (Å²) in [5.74, 6) is 1.40. The molecular formula is C22H20N4O3S. The fraction of sp³-hybridized carbons (Fsp3) is 0.182. The Morgan fingerprint density at radius 1 is 0.800 bits per heavy atom. The third-order valence-corrected chi connectivity index (χ3v) is 7.24. The molecule has 30 heavy (non-hydrogen) atoms. The molecule has 1 aliphatic rings. The van der Waals surface area contributed by atoms with E-state index in [4.69, 9.17) is 4.42 Å². The summed E-state index contributed by atoms with van der Waals surface area (Å²) in [6.45, 7) is 1.91. The van der Waals surface area contributed by atoms with Crippen LogP contribution in [0.2, 0.25) is 0 Å². The van der Waals surface area contributed by atoms with Crippen molar-refractivity contribution in [2.24, 2.45) is 0 Å². The van der Waals surface area contributed by atoms with Crippen molar-refractivity contribution in [3.63, 3.8) is 0 Å². The first-order chi connectivity index (χ1) is 14.6. The highest BCUT2D eigenvalue weighted by Gasteiger charge is 2.29. The zero-order valence-electron chi connectivity index (χ0n) is 16.2. The molecule has 152 valence electrons. The molecule has 0 amide bonds. The summed E-state index contributed by atoms with van der Waals surface area (Å²) >= 11 is 0. The molecule has 1 aliphatic heterocycles. The van der Waals surface area contributed by atoms with E-state index in [1.165, 1.54) is 4.31 Å². The molecule has 0 radical (unpaired) electrons. The predicted octanol–water partition coefficient (Wildman–Crippen LogP) is 3.40. The maximum Gasteiger partial charge on any atom is 0.243 e. The first-order valence-electron chi connectivity index (χ1n) is 9.73. The lowest BCUT2D eigenvalue weighted by atomic mass is 10.1. The topological polar surface area (TPSA) is 79.5 Å². The van der Waals surface area contributed by atoms with Crippen molar-refractivity contribution in [3.8, 4) is 11.5 Å². The molecule has 8 heteroatoms. The second-order valence-electron chi connectivity index (χ2n) is 7.15. The van der Waals surface area contributed by atoms with Gasteiger partial charge < -0.3 is 9.32 Å². The van der Waals surface area contributed by atoms with Crippen molar-refractivity contribution in [1.82, 2.24) is 14.5 Å². The van der Waals surface area contributed by atoms with E-state index < -0.39 is 10.0 Å². The Labute approximate surface area is 174 Å². The minimum absolute atomic E-state index is 0.331. The number of hydrogen-bond donors (Lipinski definition) is 0. The number of sulfonamides is 1. The van der Waals surface area contributed by atoms with Gasteiger partial charge in [0.2, 0.25) is 10.0 Å². The van der Waals surface area contributed by atoms with Gasteiger partial charge in [0.15, 0.2) is 11.6 Å². The van der Waals surface area contributed by atoms with Crippen LogP contribution in [0.15, 0.2) is 82.3 Å². The van der Waals surface area contributed by atoms with E-state index in [2.05, 4.69) is 10.2 Å². The number of benzene rings is 2. The quantitative estimate of drug-likeness (QED) is 0.503. The van der Waals surface area contributed by atoms with Gasteiger partial charge in [0.05, 0.1) is 11.2 Å². The molecule has 0 saturated carbocycles. The van der Waals surface area contributed by atoms with E-state index in [1.807, 2.05) is 53.4 Å². The number of hydrogen-bond acceptors (Lipinski definition) is 6. The number of aromatic nitrogens is 2. The maximum absolute atomic E-state index is 13.1. The van der Waals surface area contributed by atoms with Crippen molar-refractivity contribution in [1.29, 1.82) is 0 Å². The van der Waals surface area contributed by atoms with Gasteiger partial charge in [-0.2, -0.15) is 4.31 Å². The van der Waals surface area contributed by atoms with Gasteiger partial charge in [-0.05, 0) is 47.2 Å². The van der Waals surface area contributed by atoms with Gasteiger partial charge in [-0.15, -0.1) is 10.2 Å². The average Bonchev–Trinajstić information content (AvgIpc) is 3.34. The molecular weight excluding hydrogens is 400 g/mol.